The molecular formula is C30H28F2N6O4. The van der Waals surface area contributed by atoms with Gasteiger partial charge in [-0.15, -0.1) is 0 Å². The average molecular weight is 575 g/mol. The molecule has 0 radical (unpaired) electrons. The van der Waals surface area contributed by atoms with Gasteiger partial charge in [-0.3, -0.25) is 14.6 Å². The summed E-state index contributed by atoms with van der Waals surface area (Å²) in [6.07, 6.45) is 6.58. The number of nitrogens with one attached hydrogen (secondary N) is 1. The van der Waals surface area contributed by atoms with Crippen LogP contribution in [0, 0.1) is 17.6 Å². The van der Waals surface area contributed by atoms with E-state index in [0.29, 0.717) is 73.0 Å². The van der Waals surface area contributed by atoms with Crippen molar-refractivity contribution in [3.05, 3.63) is 71.2 Å². The fourth-order valence-electron chi connectivity index (χ4n) is 5.38. The third-order valence-corrected chi connectivity index (χ3v) is 7.82. The van der Waals surface area contributed by atoms with Gasteiger partial charge in [0.25, 0.3) is 5.91 Å². The maximum atomic E-state index is 14.9. The summed E-state index contributed by atoms with van der Waals surface area (Å²) >= 11 is 0. The monoisotopic (exact) mass is 574 g/mol. The highest BCUT2D eigenvalue weighted by Gasteiger charge is 2.31. The number of rotatable bonds is 7. The zero-order chi connectivity index (χ0) is 28.8. The number of hydrogen-bond donors (Lipinski definition) is 1. The number of benzene rings is 1. The Hall–Kier alpha value is -4.45. The summed E-state index contributed by atoms with van der Waals surface area (Å²) in [6, 6.07) is 7.32. The van der Waals surface area contributed by atoms with E-state index in [4.69, 9.17) is 9.47 Å². The first-order valence-electron chi connectivity index (χ1n) is 14.1. The summed E-state index contributed by atoms with van der Waals surface area (Å²) in [6.45, 7) is 1.37. The molecule has 216 valence electrons. The molecule has 2 aliphatic heterocycles. The molecule has 2 fully saturated rings. The first kappa shape index (κ1) is 26.4. The summed E-state index contributed by atoms with van der Waals surface area (Å²) in [7, 11) is 0. The lowest BCUT2D eigenvalue weighted by molar-refractivity contribution is -0.117. The fraction of sp³-hybridized carbons (Fsp3) is 0.367. The first-order chi connectivity index (χ1) is 20.4. The van der Waals surface area contributed by atoms with Gasteiger partial charge in [-0.05, 0) is 37.1 Å². The quantitative estimate of drug-likeness (QED) is 0.353. The Morgan fingerprint density at radius 1 is 1.12 bits per heavy atom. The van der Waals surface area contributed by atoms with E-state index in [-0.39, 0.29) is 41.7 Å². The van der Waals surface area contributed by atoms with Gasteiger partial charge in [0.05, 0.1) is 36.4 Å². The molecule has 1 N–H and O–H groups in total. The van der Waals surface area contributed by atoms with Crippen molar-refractivity contribution in [2.45, 2.75) is 44.8 Å². The standard InChI is InChI=1S/C30H28F2N6O4/c31-20-11-19(28(23(32)13-20)42-21-6-9-41-10-7-21)15-37-8-5-25-22(30(37)40)12-18(14-33-25)24-3-4-27-34-26(16-38(27)36-24)35-29(39)17-1-2-17/h3-4,11-14,16-17,21H,1-2,5-10,15H2,(H,35,39). The summed E-state index contributed by atoms with van der Waals surface area (Å²) in [4.78, 5) is 36.2. The van der Waals surface area contributed by atoms with Crippen molar-refractivity contribution in [1.29, 1.82) is 0 Å². The van der Waals surface area contributed by atoms with Gasteiger partial charge in [-0.2, -0.15) is 5.10 Å². The predicted octanol–water partition coefficient (Wildman–Crippen LogP) is 4.17. The van der Waals surface area contributed by atoms with Gasteiger partial charge in [-0.1, -0.05) is 0 Å². The molecule has 7 rings (SSSR count). The lowest BCUT2D eigenvalue weighted by atomic mass is 10.0. The van der Waals surface area contributed by atoms with Gasteiger partial charge in [0.1, 0.15) is 11.9 Å². The molecule has 4 aromatic rings. The normalized spacial score (nSPS) is 17.4. The van der Waals surface area contributed by atoms with E-state index < -0.39 is 11.6 Å². The van der Waals surface area contributed by atoms with Crippen LogP contribution in [0.4, 0.5) is 14.6 Å². The topological polar surface area (TPSA) is 111 Å². The van der Waals surface area contributed by atoms with Crippen molar-refractivity contribution in [2.75, 3.05) is 25.1 Å². The van der Waals surface area contributed by atoms with Crippen LogP contribution in [0.25, 0.3) is 16.9 Å². The van der Waals surface area contributed by atoms with Crippen LogP contribution in [0.5, 0.6) is 5.75 Å². The van der Waals surface area contributed by atoms with E-state index in [1.807, 2.05) is 0 Å². The van der Waals surface area contributed by atoms with Crippen molar-refractivity contribution in [3.63, 3.8) is 0 Å². The highest BCUT2D eigenvalue weighted by Crippen LogP contribution is 2.32. The molecular weight excluding hydrogens is 546 g/mol. The molecule has 2 amide bonds. The summed E-state index contributed by atoms with van der Waals surface area (Å²) in [5.74, 6) is -1.39. The highest BCUT2D eigenvalue weighted by molar-refractivity contribution is 5.97. The average Bonchev–Trinajstić information content (AvgIpc) is 3.77. The molecule has 12 heteroatoms. The zero-order valence-electron chi connectivity index (χ0n) is 22.7. The fourth-order valence-corrected chi connectivity index (χ4v) is 5.38. The van der Waals surface area contributed by atoms with Crippen LogP contribution in [0.15, 0.2) is 42.7 Å². The van der Waals surface area contributed by atoms with Crippen LogP contribution in [-0.4, -0.2) is 62.2 Å². The SMILES string of the molecule is O=C(Nc1cn2nc(-c3cnc4c(c3)C(=O)N(Cc3cc(F)cc(F)c3OC3CCOCC3)CC4)ccc2n1)C1CC1. The molecule has 1 aliphatic carbocycles. The summed E-state index contributed by atoms with van der Waals surface area (Å²) in [5.41, 5.74) is 3.10. The van der Waals surface area contributed by atoms with Crippen LogP contribution in [0.2, 0.25) is 0 Å². The van der Waals surface area contributed by atoms with Crippen molar-refractivity contribution in [3.8, 4) is 17.0 Å². The number of pyridine rings is 1. The second-order valence-electron chi connectivity index (χ2n) is 10.9. The van der Waals surface area contributed by atoms with Gasteiger partial charge >= 0.3 is 0 Å². The van der Waals surface area contributed by atoms with Crippen LogP contribution < -0.4 is 10.1 Å². The number of fused-ring (bicyclic) bond motifs is 2. The predicted molar refractivity (Wildman–Crippen MR) is 147 cm³/mol. The van der Waals surface area contributed by atoms with Gasteiger partial charge in [-0.25, -0.2) is 18.3 Å². The molecule has 0 spiro atoms. The van der Waals surface area contributed by atoms with E-state index in [2.05, 4.69) is 20.4 Å². The van der Waals surface area contributed by atoms with Crippen molar-refractivity contribution in [2.24, 2.45) is 5.92 Å². The number of anilines is 1. The number of ether oxygens (including phenoxy) is 2. The third-order valence-electron chi connectivity index (χ3n) is 7.82. The Bertz CT molecular complexity index is 1700. The Morgan fingerprint density at radius 3 is 2.76 bits per heavy atom. The molecule has 1 aromatic carbocycles. The largest absolute Gasteiger partial charge is 0.487 e. The number of halogens is 2. The molecule has 3 aromatic heterocycles. The summed E-state index contributed by atoms with van der Waals surface area (Å²) in [5, 5.41) is 7.43. The zero-order valence-corrected chi connectivity index (χ0v) is 22.7. The Labute approximate surface area is 239 Å². The first-order valence-corrected chi connectivity index (χ1v) is 14.1. The maximum absolute atomic E-state index is 14.9. The molecule has 10 nitrogen and oxygen atoms in total. The number of aromatic nitrogens is 4. The maximum Gasteiger partial charge on any atom is 0.256 e. The second kappa shape index (κ2) is 10.8. The number of imidazole rings is 1. The molecule has 1 saturated carbocycles. The van der Waals surface area contributed by atoms with E-state index in [9.17, 15) is 18.4 Å². The van der Waals surface area contributed by atoms with Gasteiger partial charge in [0.2, 0.25) is 5.91 Å². The number of carbonyl (C=O) groups excluding carboxylic acids is 2. The second-order valence-corrected chi connectivity index (χ2v) is 10.9. The Morgan fingerprint density at radius 2 is 1.95 bits per heavy atom. The molecule has 1 saturated heterocycles. The van der Waals surface area contributed by atoms with Crippen LogP contribution in [0.3, 0.4) is 0 Å². The number of carbonyl (C=O) groups is 2. The van der Waals surface area contributed by atoms with E-state index in [1.54, 1.807) is 40.0 Å². The van der Waals surface area contributed by atoms with E-state index in [0.717, 1.165) is 18.9 Å². The smallest absolute Gasteiger partial charge is 0.256 e. The van der Waals surface area contributed by atoms with Crippen LogP contribution in [-0.2, 0) is 22.5 Å². The molecule has 3 aliphatic rings. The van der Waals surface area contributed by atoms with Crippen molar-refractivity contribution < 1.29 is 27.8 Å². The Kier molecular flexibility index (Phi) is 6.77. The van der Waals surface area contributed by atoms with Crippen molar-refractivity contribution in [1.82, 2.24) is 24.5 Å². The molecule has 0 atom stereocenters. The number of nitrogens with zero attached hydrogens (tertiary/aromatic N) is 5. The van der Waals surface area contributed by atoms with E-state index >= 15 is 0 Å². The number of hydrogen-bond acceptors (Lipinski definition) is 7. The van der Waals surface area contributed by atoms with Gasteiger partial charge in [0.15, 0.2) is 23.0 Å². The molecule has 0 unspecified atom stereocenters. The van der Waals surface area contributed by atoms with Gasteiger partial charge < -0.3 is 19.7 Å². The molecule has 42 heavy (non-hydrogen) atoms. The minimum atomic E-state index is -0.790. The summed E-state index contributed by atoms with van der Waals surface area (Å²) < 4.78 is 42.0. The number of amides is 2. The van der Waals surface area contributed by atoms with Crippen LogP contribution >= 0.6 is 0 Å². The van der Waals surface area contributed by atoms with Crippen molar-refractivity contribution >= 4 is 23.3 Å². The minimum absolute atomic E-state index is 0.00959. The van der Waals surface area contributed by atoms with Gasteiger partial charge in [0, 0.05) is 61.7 Å². The minimum Gasteiger partial charge on any atom is -0.487 e. The van der Waals surface area contributed by atoms with E-state index in [1.165, 1.54) is 6.07 Å². The molecule has 0 bridgehead atoms. The highest BCUT2D eigenvalue weighted by atomic mass is 19.1. The molecule has 5 heterocycles. The van der Waals surface area contributed by atoms with Crippen LogP contribution in [0.1, 0.15) is 47.3 Å². The lowest BCUT2D eigenvalue weighted by Gasteiger charge is -2.30. The Balaban J connectivity index is 1.12. The third kappa shape index (κ3) is 5.29. The lowest BCUT2D eigenvalue weighted by Crippen LogP contribution is -2.38.